The number of halogens is 2. The van der Waals surface area contributed by atoms with Gasteiger partial charge in [-0.05, 0) is 44.0 Å². The van der Waals surface area contributed by atoms with Gasteiger partial charge in [0.05, 0.1) is 16.9 Å². The summed E-state index contributed by atoms with van der Waals surface area (Å²) in [6, 6.07) is 7.29. The minimum atomic E-state index is -0.365. The summed E-state index contributed by atoms with van der Waals surface area (Å²) in [6.45, 7) is 6.32. The van der Waals surface area contributed by atoms with Crippen molar-refractivity contribution >= 4 is 29.9 Å². The fourth-order valence-corrected chi connectivity index (χ4v) is 2.39. The van der Waals surface area contributed by atoms with E-state index >= 15 is 0 Å². The predicted octanol–water partition coefficient (Wildman–Crippen LogP) is 3.50. The molecule has 0 bridgehead atoms. The van der Waals surface area contributed by atoms with Crippen molar-refractivity contribution in [2.45, 2.75) is 39.2 Å². The molecular weight excluding hydrogens is 347 g/mol. The summed E-state index contributed by atoms with van der Waals surface area (Å²) in [6.07, 6.45) is 3.35. The fraction of sp³-hybridized carbons (Fsp3) is 0.412. The summed E-state index contributed by atoms with van der Waals surface area (Å²) in [5.74, 6) is -0.153. The van der Waals surface area contributed by atoms with Crippen LogP contribution in [0.4, 0.5) is 0 Å². The van der Waals surface area contributed by atoms with Gasteiger partial charge in [-0.1, -0.05) is 25.4 Å². The molecule has 0 aliphatic carbocycles. The van der Waals surface area contributed by atoms with E-state index in [0.29, 0.717) is 22.8 Å². The maximum Gasteiger partial charge on any atom is 0.254 e. The number of carbonyl (C=O) groups is 1. The van der Waals surface area contributed by atoms with E-state index in [4.69, 9.17) is 17.3 Å². The first kappa shape index (κ1) is 20.5. The number of nitrogens with two attached hydrogens (primary N) is 1. The molecule has 0 atom stereocenters. The second kappa shape index (κ2) is 8.51. The summed E-state index contributed by atoms with van der Waals surface area (Å²) >= 11 is 5.89. The molecule has 7 heteroatoms. The molecule has 132 valence electrons. The van der Waals surface area contributed by atoms with Crippen LogP contribution in [0.1, 0.15) is 42.7 Å². The number of benzene rings is 1. The van der Waals surface area contributed by atoms with E-state index in [1.54, 1.807) is 23.0 Å². The van der Waals surface area contributed by atoms with Crippen LogP contribution in [0.5, 0.6) is 0 Å². The van der Waals surface area contributed by atoms with Crippen LogP contribution >= 0.6 is 24.0 Å². The Morgan fingerprint density at radius 2 is 1.88 bits per heavy atom. The Morgan fingerprint density at radius 3 is 2.42 bits per heavy atom. The molecule has 0 spiro atoms. The number of rotatable bonds is 6. The summed E-state index contributed by atoms with van der Waals surface area (Å²) in [5.41, 5.74) is 7.94. The molecule has 0 radical (unpaired) electrons. The quantitative estimate of drug-likeness (QED) is 0.816. The van der Waals surface area contributed by atoms with Gasteiger partial charge in [-0.2, -0.15) is 5.10 Å². The zero-order chi connectivity index (χ0) is 17.0. The Morgan fingerprint density at radius 1 is 1.29 bits per heavy atom. The number of aromatic nitrogens is 2. The van der Waals surface area contributed by atoms with Crippen molar-refractivity contribution in [1.29, 1.82) is 0 Å². The van der Waals surface area contributed by atoms with Gasteiger partial charge >= 0.3 is 0 Å². The number of hydrogen-bond donors (Lipinski definition) is 2. The number of amides is 1. The lowest BCUT2D eigenvalue weighted by Gasteiger charge is -2.26. The van der Waals surface area contributed by atoms with Crippen LogP contribution in [0.2, 0.25) is 5.02 Å². The van der Waals surface area contributed by atoms with E-state index in [1.165, 1.54) is 0 Å². The first-order valence-corrected chi connectivity index (χ1v) is 8.15. The molecule has 3 N–H and O–H groups in total. The third-order valence-corrected chi connectivity index (χ3v) is 4.50. The molecule has 5 nitrogen and oxygen atoms in total. The first-order valence-electron chi connectivity index (χ1n) is 7.78. The number of nitrogens with one attached hydrogen (secondary N) is 1. The van der Waals surface area contributed by atoms with E-state index in [1.807, 2.05) is 32.9 Å². The average Bonchev–Trinajstić information content (AvgIpc) is 2.95. The maximum absolute atomic E-state index is 12.4. The van der Waals surface area contributed by atoms with Crippen molar-refractivity contribution in [1.82, 2.24) is 15.1 Å². The average molecular weight is 371 g/mol. The number of nitrogens with zero attached hydrogens (tertiary/aromatic N) is 2. The molecule has 1 aromatic heterocycles. The van der Waals surface area contributed by atoms with Crippen LogP contribution in [0.15, 0.2) is 30.5 Å². The van der Waals surface area contributed by atoms with Gasteiger partial charge in [-0.3, -0.25) is 4.79 Å². The highest BCUT2D eigenvalue weighted by molar-refractivity contribution is 6.30. The van der Waals surface area contributed by atoms with E-state index < -0.39 is 0 Å². The molecule has 1 heterocycles. The molecule has 0 fully saturated rings. The molecule has 0 saturated heterocycles. The topological polar surface area (TPSA) is 72.9 Å². The third kappa shape index (κ3) is 4.72. The molecule has 1 aromatic carbocycles. The monoisotopic (exact) mass is 370 g/mol. The summed E-state index contributed by atoms with van der Waals surface area (Å²) in [7, 11) is 0. The van der Waals surface area contributed by atoms with E-state index in [-0.39, 0.29) is 23.9 Å². The number of aryl methyl sites for hydroxylation is 1. The highest BCUT2D eigenvalue weighted by atomic mass is 35.5. The zero-order valence-corrected chi connectivity index (χ0v) is 15.7. The van der Waals surface area contributed by atoms with Gasteiger partial charge in [0, 0.05) is 23.3 Å². The SMILES string of the molecule is CCC(N)(CC)CNC(=O)c1cn(-c2ccc(Cl)cc2)nc1C.Cl. The van der Waals surface area contributed by atoms with Gasteiger partial charge in [-0.25, -0.2) is 4.68 Å². The highest BCUT2D eigenvalue weighted by Crippen LogP contribution is 2.16. The Bertz CT molecular complexity index is 678. The van der Waals surface area contributed by atoms with Crippen LogP contribution in [-0.4, -0.2) is 27.8 Å². The Kier molecular flexibility index (Phi) is 7.27. The lowest BCUT2D eigenvalue weighted by atomic mass is 9.94. The summed E-state index contributed by atoms with van der Waals surface area (Å²) in [5, 5.41) is 7.98. The number of carbonyl (C=O) groups excluding carboxylic acids is 1. The van der Waals surface area contributed by atoms with Crippen molar-refractivity contribution in [3.05, 3.63) is 46.7 Å². The van der Waals surface area contributed by atoms with Crippen LogP contribution < -0.4 is 11.1 Å². The van der Waals surface area contributed by atoms with Gasteiger partial charge in [-0.15, -0.1) is 12.4 Å². The fourth-order valence-electron chi connectivity index (χ4n) is 2.26. The lowest BCUT2D eigenvalue weighted by molar-refractivity contribution is 0.0941. The number of hydrogen-bond acceptors (Lipinski definition) is 3. The first-order chi connectivity index (χ1) is 10.9. The molecule has 0 unspecified atom stereocenters. The largest absolute Gasteiger partial charge is 0.350 e. The molecule has 2 aromatic rings. The molecular formula is C17H24Cl2N4O. The molecule has 0 aliphatic rings. The van der Waals surface area contributed by atoms with Crippen molar-refractivity contribution < 1.29 is 4.79 Å². The van der Waals surface area contributed by atoms with Gasteiger partial charge in [0.15, 0.2) is 0 Å². The summed E-state index contributed by atoms with van der Waals surface area (Å²) < 4.78 is 1.68. The van der Waals surface area contributed by atoms with Gasteiger partial charge in [0.2, 0.25) is 0 Å². The molecule has 2 rings (SSSR count). The summed E-state index contributed by atoms with van der Waals surface area (Å²) in [4.78, 5) is 12.4. The maximum atomic E-state index is 12.4. The lowest BCUT2D eigenvalue weighted by Crippen LogP contribution is -2.49. The smallest absolute Gasteiger partial charge is 0.254 e. The molecule has 0 saturated carbocycles. The van der Waals surface area contributed by atoms with E-state index in [0.717, 1.165) is 18.5 Å². The van der Waals surface area contributed by atoms with Crippen LogP contribution in [0, 0.1) is 6.92 Å². The minimum Gasteiger partial charge on any atom is -0.350 e. The van der Waals surface area contributed by atoms with Crippen LogP contribution in [0.25, 0.3) is 5.69 Å². The zero-order valence-electron chi connectivity index (χ0n) is 14.2. The van der Waals surface area contributed by atoms with Crippen LogP contribution in [-0.2, 0) is 0 Å². The van der Waals surface area contributed by atoms with Crippen molar-refractivity contribution in [2.75, 3.05) is 6.54 Å². The van der Waals surface area contributed by atoms with Gasteiger partial charge in [0.1, 0.15) is 0 Å². The second-order valence-corrected chi connectivity index (χ2v) is 6.24. The molecule has 0 aliphatic heterocycles. The van der Waals surface area contributed by atoms with E-state index in [9.17, 15) is 4.79 Å². The van der Waals surface area contributed by atoms with E-state index in [2.05, 4.69) is 10.4 Å². The van der Waals surface area contributed by atoms with Crippen molar-refractivity contribution in [2.24, 2.45) is 5.73 Å². The standard InChI is InChI=1S/C17H23ClN4O.ClH/c1-4-17(19,5-2)11-20-16(23)15-10-22(21-12(15)3)14-8-6-13(18)7-9-14;/h6-10H,4-5,11,19H2,1-3H3,(H,20,23);1H. The Balaban J connectivity index is 0.00000288. The van der Waals surface area contributed by atoms with Crippen molar-refractivity contribution in [3.63, 3.8) is 0 Å². The molecule has 1 amide bonds. The highest BCUT2D eigenvalue weighted by Gasteiger charge is 2.22. The Labute approximate surface area is 154 Å². The van der Waals surface area contributed by atoms with Gasteiger partial charge in [0.25, 0.3) is 5.91 Å². The van der Waals surface area contributed by atoms with Crippen molar-refractivity contribution in [3.8, 4) is 5.69 Å². The minimum absolute atomic E-state index is 0. The predicted molar refractivity (Wildman–Crippen MR) is 100 cm³/mol. The Hall–Kier alpha value is -1.56. The normalized spacial score (nSPS) is 11.0. The van der Waals surface area contributed by atoms with Crippen LogP contribution in [0.3, 0.4) is 0 Å². The van der Waals surface area contributed by atoms with Gasteiger partial charge < -0.3 is 11.1 Å². The molecule has 24 heavy (non-hydrogen) atoms. The third-order valence-electron chi connectivity index (χ3n) is 4.24. The second-order valence-electron chi connectivity index (χ2n) is 5.80.